The lowest BCUT2D eigenvalue weighted by atomic mass is 10.3. The Kier molecular flexibility index (Phi) is 4.94. The van der Waals surface area contributed by atoms with E-state index in [-0.39, 0.29) is 0 Å². The molecule has 0 fully saturated rings. The van der Waals surface area contributed by atoms with Gasteiger partial charge in [0.1, 0.15) is 11.0 Å². The van der Waals surface area contributed by atoms with Crippen LogP contribution in [0.2, 0.25) is 10.2 Å². The fraction of sp³-hybridized carbons (Fsp3) is 0.0909. The van der Waals surface area contributed by atoms with Crippen LogP contribution in [-0.4, -0.2) is 16.2 Å². The fourth-order valence-electron chi connectivity index (χ4n) is 1.28. The second-order valence-corrected chi connectivity index (χ2v) is 6.13. The minimum Gasteiger partial charge on any atom is -0.339 e. The highest BCUT2D eigenvalue weighted by molar-refractivity contribution is 14.1. The van der Waals surface area contributed by atoms with Gasteiger partial charge in [-0.25, -0.2) is 9.97 Å². The largest absolute Gasteiger partial charge is 0.339 e. The Hall–Kier alpha value is -0.240. The zero-order valence-corrected chi connectivity index (χ0v) is 13.7. The molecule has 0 amide bonds. The van der Waals surface area contributed by atoms with Crippen molar-refractivity contribution in [2.75, 3.05) is 11.6 Å². The molecule has 0 radical (unpaired) electrons. The number of halogens is 3. The van der Waals surface area contributed by atoms with Crippen LogP contribution in [0.25, 0.3) is 0 Å². The van der Waals surface area contributed by atoms with E-state index in [0.29, 0.717) is 21.2 Å². The number of aromatic nitrogens is 2. The summed E-state index contributed by atoms with van der Waals surface area (Å²) in [5, 5.41) is 4.80. The van der Waals surface area contributed by atoms with Crippen LogP contribution in [0.3, 0.4) is 0 Å². The normalized spacial score (nSPS) is 10.4. The molecule has 0 saturated heterocycles. The lowest BCUT2D eigenvalue weighted by molar-refractivity contribution is 0.976. The molecule has 1 aromatic carbocycles. The van der Waals surface area contributed by atoms with Crippen LogP contribution in [-0.2, 0) is 0 Å². The number of nitrogens with zero attached hydrogens (tertiary/aromatic N) is 2. The SMILES string of the molecule is CSc1nc(Cl)cc(Nc2cc(I)ccc2Cl)n1. The van der Waals surface area contributed by atoms with E-state index in [2.05, 4.69) is 37.9 Å². The Bertz CT molecular complexity index is 580. The van der Waals surface area contributed by atoms with Crippen LogP contribution < -0.4 is 5.32 Å². The van der Waals surface area contributed by atoms with Gasteiger partial charge >= 0.3 is 0 Å². The monoisotopic (exact) mass is 411 g/mol. The minimum absolute atomic E-state index is 0.401. The average Bonchev–Trinajstić information content (AvgIpc) is 2.33. The molecule has 0 saturated carbocycles. The van der Waals surface area contributed by atoms with Gasteiger partial charge in [0.05, 0.1) is 10.7 Å². The van der Waals surface area contributed by atoms with Crippen molar-refractivity contribution < 1.29 is 0 Å². The summed E-state index contributed by atoms with van der Waals surface area (Å²) in [7, 11) is 0. The number of hydrogen-bond acceptors (Lipinski definition) is 4. The zero-order valence-electron chi connectivity index (χ0n) is 9.25. The van der Waals surface area contributed by atoms with Gasteiger partial charge in [-0.3, -0.25) is 0 Å². The Balaban J connectivity index is 2.33. The molecule has 1 heterocycles. The van der Waals surface area contributed by atoms with Crippen molar-refractivity contribution >= 4 is 69.1 Å². The van der Waals surface area contributed by atoms with Crippen molar-refractivity contribution in [2.45, 2.75) is 5.16 Å². The summed E-state index contributed by atoms with van der Waals surface area (Å²) in [5.74, 6) is 0.628. The van der Waals surface area contributed by atoms with Crippen molar-refractivity contribution in [1.82, 2.24) is 9.97 Å². The van der Waals surface area contributed by atoms with Gasteiger partial charge in [0.15, 0.2) is 5.16 Å². The third-order valence-corrected chi connectivity index (χ3v) is 3.79. The van der Waals surface area contributed by atoms with Crippen molar-refractivity contribution in [3.8, 4) is 0 Å². The summed E-state index contributed by atoms with van der Waals surface area (Å²) >= 11 is 15.7. The summed E-state index contributed by atoms with van der Waals surface area (Å²) in [6.07, 6.45) is 1.90. The van der Waals surface area contributed by atoms with Crippen molar-refractivity contribution in [3.05, 3.63) is 38.0 Å². The molecule has 0 bridgehead atoms. The number of hydrogen-bond donors (Lipinski definition) is 1. The maximum Gasteiger partial charge on any atom is 0.190 e. The average molecular weight is 412 g/mol. The van der Waals surface area contributed by atoms with Gasteiger partial charge in [-0.2, -0.15) is 0 Å². The summed E-state index contributed by atoms with van der Waals surface area (Å²) in [6.45, 7) is 0. The van der Waals surface area contributed by atoms with Crippen molar-refractivity contribution in [2.24, 2.45) is 0 Å². The quantitative estimate of drug-likeness (QED) is 0.339. The van der Waals surface area contributed by atoms with E-state index in [1.54, 1.807) is 6.07 Å². The summed E-state index contributed by atoms with van der Waals surface area (Å²) in [5.41, 5.74) is 0.797. The number of nitrogens with one attached hydrogen (secondary N) is 1. The molecule has 0 unspecified atom stereocenters. The Labute approximate surface area is 133 Å². The Morgan fingerprint density at radius 3 is 2.72 bits per heavy atom. The molecule has 94 valence electrons. The van der Waals surface area contributed by atoms with Crippen LogP contribution in [0.4, 0.5) is 11.5 Å². The van der Waals surface area contributed by atoms with E-state index in [4.69, 9.17) is 23.2 Å². The van der Waals surface area contributed by atoms with E-state index in [9.17, 15) is 0 Å². The van der Waals surface area contributed by atoms with Gasteiger partial charge in [-0.1, -0.05) is 35.0 Å². The van der Waals surface area contributed by atoms with Crippen LogP contribution in [0.15, 0.2) is 29.4 Å². The second kappa shape index (κ2) is 6.27. The standard InChI is InChI=1S/C11H8Cl2IN3S/c1-18-11-16-9(13)5-10(17-11)15-8-4-6(14)2-3-7(8)12/h2-5H,1H3,(H,15,16,17). The first-order valence-corrected chi connectivity index (χ1v) is 7.95. The van der Waals surface area contributed by atoms with Crippen LogP contribution in [0.5, 0.6) is 0 Å². The zero-order chi connectivity index (χ0) is 13.1. The maximum absolute atomic E-state index is 6.11. The lowest BCUT2D eigenvalue weighted by Gasteiger charge is -2.09. The van der Waals surface area contributed by atoms with Crippen molar-refractivity contribution in [3.63, 3.8) is 0 Å². The number of benzene rings is 1. The van der Waals surface area contributed by atoms with Gasteiger partial charge in [-0.15, -0.1) is 0 Å². The molecule has 1 aromatic heterocycles. The lowest BCUT2D eigenvalue weighted by Crippen LogP contribution is -1.97. The summed E-state index contributed by atoms with van der Waals surface area (Å²) in [6, 6.07) is 7.38. The summed E-state index contributed by atoms with van der Waals surface area (Å²) in [4.78, 5) is 8.39. The molecular formula is C11H8Cl2IN3S. The molecule has 3 nitrogen and oxygen atoms in total. The number of rotatable bonds is 3. The molecule has 1 N–H and O–H groups in total. The molecule has 2 aromatic rings. The van der Waals surface area contributed by atoms with Gasteiger partial charge in [0.2, 0.25) is 0 Å². The Morgan fingerprint density at radius 2 is 2.00 bits per heavy atom. The predicted molar refractivity (Wildman–Crippen MR) is 86.3 cm³/mol. The molecule has 18 heavy (non-hydrogen) atoms. The topological polar surface area (TPSA) is 37.8 Å². The molecule has 2 rings (SSSR count). The van der Waals surface area contributed by atoms with E-state index in [1.807, 2.05) is 24.5 Å². The van der Waals surface area contributed by atoms with E-state index in [0.717, 1.165) is 9.26 Å². The van der Waals surface area contributed by atoms with E-state index in [1.165, 1.54) is 11.8 Å². The maximum atomic E-state index is 6.11. The van der Waals surface area contributed by atoms with Crippen molar-refractivity contribution in [1.29, 1.82) is 0 Å². The molecular weight excluding hydrogens is 404 g/mol. The van der Waals surface area contributed by atoms with Crippen LogP contribution in [0, 0.1) is 3.57 Å². The van der Waals surface area contributed by atoms with E-state index < -0.39 is 0 Å². The fourth-order valence-corrected chi connectivity index (χ4v) is 2.55. The highest BCUT2D eigenvalue weighted by atomic mass is 127. The van der Waals surface area contributed by atoms with Crippen LogP contribution >= 0.6 is 57.6 Å². The minimum atomic E-state index is 0.401. The third-order valence-electron chi connectivity index (χ3n) is 2.05. The first-order chi connectivity index (χ1) is 8.58. The second-order valence-electron chi connectivity index (χ2n) is 3.31. The summed E-state index contributed by atoms with van der Waals surface area (Å²) < 4.78 is 1.09. The van der Waals surface area contributed by atoms with Gasteiger partial charge < -0.3 is 5.32 Å². The third kappa shape index (κ3) is 3.63. The molecule has 0 spiro atoms. The molecule has 0 aliphatic rings. The number of anilines is 2. The van der Waals surface area contributed by atoms with Gasteiger partial charge in [0.25, 0.3) is 0 Å². The smallest absolute Gasteiger partial charge is 0.190 e. The first-order valence-electron chi connectivity index (χ1n) is 4.89. The highest BCUT2D eigenvalue weighted by Gasteiger charge is 2.06. The molecule has 0 atom stereocenters. The predicted octanol–water partition coefficient (Wildman–Crippen LogP) is 4.85. The number of thioether (sulfide) groups is 1. The first kappa shape index (κ1) is 14.2. The molecule has 0 aliphatic carbocycles. The Morgan fingerprint density at radius 1 is 1.22 bits per heavy atom. The highest BCUT2D eigenvalue weighted by Crippen LogP contribution is 2.27. The van der Waals surface area contributed by atoms with Crippen LogP contribution in [0.1, 0.15) is 0 Å². The van der Waals surface area contributed by atoms with Gasteiger partial charge in [0, 0.05) is 9.64 Å². The van der Waals surface area contributed by atoms with E-state index >= 15 is 0 Å². The molecule has 7 heteroatoms. The van der Waals surface area contributed by atoms with Gasteiger partial charge in [-0.05, 0) is 47.0 Å². The molecule has 0 aliphatic heterocycles.